The van der Waals surface area contributed by atoms with Crippen molar-refractivity contribution in [3.05, 3.63) is 27.9 Å². The van der Waals surface area contributed by atoms with Crippen LogP contribution in [0.2, 0.25) is 0 Å². The van der Waals surface area contributed by atoms with Crippen molar-refractivity contribution in [2.24, 2.45) is 0 Å². The van der Waals surface area contributed by atoms with E-state index in [4.69, 9.17) is 0 Å². The van der Waals surface area contributed by atoms with E-state index in [0.29, 0.717) is 11.4 Å². The molecule has 0 spiro atoms. The lowest BCUT2D eigenvalue weighted by Crippen LogP contribution is -2.36. The van der Waals surface area contributed by atoms with Crippen LogP contribution in [0.3, 0.4) is 0 Å². The van der Waals surface area contributed by atoms with Crippen molar-refractivity contribution >= 4 is 17.4 Å². The molecule has 1 saturated heterocycles. The van der Waals surface area contributed by atoms with Crippen molar-refractivity contribution in [2.45, 2.75) is 25.6 Å². The summed E-state index contributed by atoms with van der Waals surface area (Å²) in [6, 6.07) is 0.794. The summed E-state index contributed by atoms with van der Waals surface area (Å²) < 4.78 is 37.0. The molecule has 0 radical (unpaired) electrons. The molecule has 2 heterocycles. The van der Waals surface area contributed by atoms with Crippen LogP contribution in [0.25, 0.3) is 0 Å². The maximum absolute atomic E-state index is 12.3. The summed E-state index contributed by atoms with van der Waals surface area (Å²) in [6.45, 7) is 0.222. The lowest BCUT2D eigenvalue weighted by Gasteiger charge is -2.19. The Morgan fingerprint density at radius 1 is 1.55 bits per heavy atom. The van der Waals surface area contributed by atoms with Crippen LogP contribution in [0.15, 0.2) is 12.3 Å². The van der Waals surface area contributed by atoms with Gasteiger partial charge in [-0.2, -0.15) is 13.2 Å². The highest BCUT2D eigenvalue weighted by molar-refractivity contribution is 5.80. The van der Waals surface area contributed by atoms with E-state index in [0.717, 1.165) is 11.1 Å². The van der Waals surface area contributed by atoms with Gasteiger partial charge in [-0.25, -0.2) is 4.98 Å². The molecular weight excluding hydrogens is 305 g/mol. The van der Waals surface area contributed by atoms with Crippen molar-refractivity contribution < 1.29 is 22.9 Å². The number of pyridine rings is 1. The van der Waals surface area contributed by atoms with Crippen LogP contribution in [0.5, 0.6) is 0 Å². The summed E-state index contributed by atoms with van der Waals surface area (Å²) in [5.74, 6) is -0.272. The van der Waals surface area contributed by atoms with Crippen LogP contribution >= 0.6 is 0 Å². The largest absolute Gasteiger partial charge is 0.406 e. The molecule has 120 valence electrons. The number of nitrogens with one attached hydrogen (secondary N) is 1. The molecule has 0 unspecified atom stereocenters. The molecule has 7 nitrogen and oxygen atoms in total. The summed E-state index contributed by atoms with van der Waals surface area (Å²) in [5, 5.41) is 13.5. The summed E-state index contributed by atoms with van der Waals surface area (Å²) >= 11 is 0. The highest BCUT2D eigenvalue weighted by Gasteiger charge is 2.38. The lowest BCUT2D eigenvalue weighted by atomic mass is 10.2. The van der Waals surface area contributed by atoms with Gasteiger partial charge in [-0.3, -0.25) is 14.9 Å². The first-order valence-electron chi connectivity index (χ1n) is 6.38. The Kier molecular flexibility index (Phi) is 4.20. The molecular formula is C12H13F3N4O3. The first-order chi connectivity index (χ1) is 10.2. The highest BCUT2D eigenvalue weighted by atomic mass is 19.4. The molecule has 2 rings (SSSR count). The molecule has 1 atom stereocenters. The number of likely N-dealkylation sites (tertiary alicyclic amines) is 1. The Labute approximate surface area is 123 Å². The zero-order chi connectivity index (χ0) is 16.5. The van der Waals surface area contributed by atoms with Gasteiger partial charge in [0.1, 0.15) is 18.6 Å². The minimum Gasteiger partial charge on any atom is -0.365 e. The van der Waals surface area contributed by atoms with E-state index in [9.17, 15) is 28.1 Å². The number of carbonyl (C=O) groups excluding carboxylic acids is 1. The Hall–Kier alpha value is -2.39. The predicted molar refractivity (Wildman–Crippen MR) is 70.3 cm³/mol. The van der Waals surface area contributed by atoms with Crippen molar-refractivity contribution in [1.82, 2.24) is 9.88 Å². The molecule has 10 heteroatoms. The van der Waals surface area contributed by atoms with Crippen LogP contribution < -0.4 is 5.32 Å². The number of carbonyl (C=O) groups is 1. The third-order valence-corrected chi connectivity index (χ3v) is 3.20. The average Bonchev–Trinajstić information content (AvgIpc) is 2.70. The summed E-state index contributed by atoms with van der Waals surface area (Å²) in [5.41, 5.74) is 0.306. The minimum absolute atomic E-state index is 0.0752. The number of rotatable bonds is 4. The second-order valence-electron chi connectivity index (χ2n) is 5.05. The van der Waals surface area contributed by atoms with Gasteiger partial charge in [0.05, 0.1) is 11.0 Å². The Morgan fingerprint density at radius 3 is 2.77 bits per heavy atom. The van der Waals surface area contributed by atoms with Gasteiger partial charge in [-0.15, -0.1) is 0 Å². The number of nitro groups is 1. The predicted octanol–water partition coefficient (Wildman–Crippen LogP) is 1.87. The number of hydrogen-bond donors (Lipinski definition) is 1. The number of amides is 1. The number of aryl methyl sites for hydroxylation is 1. The molecule has 0 aromatic carbocycles. The van der Waals surface area contributed by atoms with E-state index in [1.807, 2.05) is 0 Å². The minimum atomic E-state index is -4.44. The average molecular weight is 318 g/mol. The Morgan fingerprint density at radius 2 is 2.23 bits per heavy atom. The molecule has 1 aliphatic heterocycles. The van der Waals surface area contributed by atoms with Gasteiger partial charge in [0.2, 0.25) is 5.91 Å². The fourth-order valence-corrected chi connectivity index (χ4v) is 2.24. The summed E-state index contributed by atoms with van der Waals surface area (Å²) in [4.78, 5) is 26.2. The van der Waals surface area contributed by atoms with Crippen molar-refractivity contribution in [2.75, 3.05) is 18.4 Å². The van der Waals surface area contributed by atoms with Crippen LogP contribution in [-0.4, -0.2) is 46.0 Å². The maximum Gasteiger partial charge on any atom is 0.406 e. The molecule has 1 aromatic heterocycles. The molecule has 1 amide bonds. The van der Waals surface area contributed by atoms with E-state index >= 15 is 0 Å². The maximum atomic E-state index is 12.3. The standard InChI is InChI=1S/C12H13F3N4O3/c1-7-2-9(19(21)22)4-16-11(7)17-8-3-10(20)18(5-8)6-12(13,14)15/h2,4,8H,3,5-6H2,1H3,(H,16,17)/t8-/m1/s1. The molecule has 1 aliphatic rings. The second kappa shape index (κ2) is 5.78. The fraction of sp³-hybridized carbons (Fsp3) is 0.500. The molecule has 22 heavy (non-hydrogen) atoms. The topological polar surface area (TPSA) is 88.4 Å². The molecule has 0 bridgehead atoms. The van der Waals surface area contributed by atoms with E-state index in [1.54, 1.807) is 6.92 Å². The van der Waals surface area contributed by atoms with Gasteiger partial charge in [0.25, 0.3) is 5.69 Å². The van der Waals surface area contributed by atoms with Crippen LogP contribution in [0, 0.1) is 17.0 Å². The fourth-order valence-electron chi connectivity index (χ4n) is 2.24. The van der Waals surface area contributed by atoms with Gasteiger partial charge >= 0.3 is 6.18 Å². The van der Waals surface area contributed by atoms with Crippen molar-refractivity contribution in [1.29, 1.82) is 0 Å². The molecule has 1 fully saturated rings. The Bertz CT molecular complexity index is 606. The van der Waals surface area contributed by atoms with E-state index in [2.05, 4.69) is 10.3 Å². The number of nitrogens with zero attached hydrogens (tertiary/aromatic N) is 3. The zero-order valence-corrected chi connectivity index (χ0v) is 11.6. The first-order valence-corrected chi connectivity index (χ1v) is 6.38. The molecule has 1 N–H and O–H groups in total. The first kappa shape index (κ1) is 16.0. The number of hydrogen-bond acceptors (Lipinski definition) is 5. The van der Waals surface area contributed by atoms with E-state index < -0.39 is 29.6 Å². The smallest absolute Gasteiger partial charge is 0.365 e. The quantitative estimate of drug-likeness (QED) is 0.676. The number of halogens is 3. The lowest BCUT2D eigenvalue weighted by molar-refractivity contribution is -0.385. The third-order valence-electron chi connectivity index (χ3n) is 3.20. The monoisotopic (exact) mass is 318 g/mol. The van der Waals surface area contributed by atoms with Crippen LogP contribution in [0.1, 0.15) is 12.0 Å². The van der Waals surface area contributed by atoms with Gasteiger partial charge in [0.15, 0.2) is 0 Å². The zero-order valence-electron chi connectivity index (χ0n) is 11.6. The van der Waals surface area contributed by atoms with Gasteiger partial charge in [0, 0.05) is 19.0 Å². The number of anilines is 1. The summed E-state index contributed by atoms with van der Waals surface area (Å²) in [7, 11) is 0. The van der Waals surface area contributed by atoms with E-state index in [-0.39, 0.29) is 18.7 Å². The highest BCUT2D eigenvalue weighted by Crippen LogP contribution is 2.24. The van der Waals surface area contributed by atoms with Crippen molar-refractivity contribution in [3.63, 3.8) is 0 Å². The van der Waals surface area contributed by atoms with Crippen LogP contribution in [0.4, 0.5) is 24.7 Å². The van der Waals surface area contributed by atoms with Gasteiger partial charge in [-0.05, 0) is 12.5 Å². The normalized spacial score (nSPS) is 18.6. The number of alkyl halides is 3. The van der Waals surface area contributed by atoms with Crippen LogP contribution in [-0.2, 0) is 4.79 Å². The molecule has 1 aromatic rings. The van der Waals surface area contributed by atoms with E-state index in [1.165, 1.54) is 6.07 Å². The van der Waals surface area contributed by atoms with Gasteiger partial charge in [-0.1, -0.05) is 0 Å². The SMILES string of the molecule is Cc1cc([N+](=O)[O-])cnc1N[C@@H]1CC(=O)N(CC(F)(F)F)C1. The molecule has 0 saturated carbocycles. The van der Waals surface area contributed by atoms with Gasteiger partial charge < -0.3 is 10.2 Å². The Balaban J connectivity index is 2.03. The van der Waals surface area contributed by atoms with Crippen molar-refractivity contribution in [3.8, 4) is 0 Å². The second-order valence-corrected chi connectivity index (χ2v) is 5.05. The molecule has 0 aliphatic carbocycles. The summed E-state index contributed by atoms with van der Waals surface area (Å²) in [6.07, 6.45) is -3.46. The number of aromatic nitrogens is 1. The third kappa shape index (κ3) is 3.83.